The molecule has 2 aromatic rings. The first kappa shape index (κ1) is 21.8. The number of alkyl halides is 3. The molecule has 1 aromatic carbocycles. The van der Waals surface area contributed by atoms with Gasteiger partial charge in [0.05, 0.1) is 17.7 Å². The van der Waals surface area contributed by atoms with E-state index >= 15 is 0 Å². The molecule has 1 atom stereocenters. The first-order valence-corrected chi connectivity index (χ1v) is 10.5. The Morgan fingerprint density at radius 2 is 1.87 bits per heavy atom. The molecule has 2 aliphatic rings. The van der Waals surface area contributed by atoms with Crippen LogP contribution in [0.4, 0.5) is 18.9 Å². The zero-order valence-electron chi connectivity index (χ0n) is 17.4. The standard InChI is InChI=1S/C23H26F3N3O2/c1-17-21(30)29(20-5-3-2-4-6-20)16-22(31-17)9-13-28(14-10-22)12-8-19-15-18(7-11-27-19)23(24,25)26/h2-7,11,15,17H,8-10,12-14,16H2,1H3. The average Bonchev–Trinajstić information content (AvgIpc) is 2.76. The number of rotatable bonds is 4. The number of morpholine rings is 1. The number of halogens is 3. The fourth-order valence-electron chi connectivity index (χ4n) is 4.40. The molecule has 0 saturated carbocycles. The van der Waals surface area contributed by atoms with E-state index in [0.717, 1.165) is 43.8 Å². The number of aromatic nitrogens is 1. The minimum absolute atomic E-state index is 0.0325. The van der Waals surface area contributed by atoms with Crippen molar-refractivity contribution in [2.45, 2.75) is 44.1 Å². The molecule has 0 N–H and O–H groups in total. The second-order valence-corrected chi connectivity index (χ2v) is 8.33. The Kier molecular flexibility index (Phi) is 6.03. The molecule has 0 aliphatic carbocycles. The van der Waals surface area contributed by atoms with Crippen molar-refractivity contribution in [2.75, 3.05) is 31.1 Å². The van der Waals surface area contributed by atoms with Crippen molar-refractivity contribution in [3.05, 3.63) is 59.9 Å². The molecule has 31 heavy (non-hydrogen) atoms. The normalized spacial score (nSPS) is 22.1. The number of nitrogens with zero attached hydrogens (tertiary/aromatic N) is 3. The average molecular weight is 433 g/mol. The molecule has 1 amide bonds. The molecule has 0 radical (unpaired) electrons. The molecule has 166 valence electrons. The summed E-state index contributed by atoms with van der Waals surface area (Å²) in [5.41, 5.74) is 0.262. The molecule has 1 aromatic heterocycles. The molecule has 2 fully saturated rings. The number of ether oxygens (including phenoxy) is 1. The number of pyridine rings is 1. The van der Waals surface area contributed by atoms with Crippen molar-refractivity contribution < 1.29 is 22.7 Å². The van der Waals surface area contributed by atoms with E-state index in [1.165, 1.54) is 6.20 Å². The predicted octanol–water partition coefficient (Wildman–Crippen LogP) is 3.93. The SMILES string of the molecule is CC1OC2(CCN(CCc3cc(C(F)(F)F)ccn3)CC2)CN(c2ccccc2)C1=O. The van der Waals surface area contributed by atoms with Gasteiger partial charge in [-0.1, -0.05) is 18.2 Å². The lowest BCUT2D eigenvalue weighted by Crippen LogP contribution is -2.61. The maximum absolute atomic E-state index is 12.9. The number of likely N-dealkylation sites (tertiary alicyclic amines) is 1. The van der Waals surface area contributed by atoms with Crippen molar-refractivity contribution in [2.24, 2.45) is 0 Å². The topological polar surface area (TPSA) is 45.7 Å². The van der Waals surface area contributed by atoms with Crippen LogP contribution in [0.5, 0.6) is 0 Å². The van der Waals surface area contributed by atoms with Gasteiger partial charge in [0.25, 0.3) is 5.91 Å². The van der Waals surface area contributed by atoms with E-state index in [9.17, 15) is 18.0 Å². The summed E-state index contributed by atoms with van der Waals surface area (Å²) < 4.78 is 44.9. The molecule has 4 rings (SSSR count). The zero-order valence-corrected chi connectivity index (χ0v) is 17.4. The van der Waals surface area contributed by atoms with Crippen LogP contribution in [0, 0.1) is 0 Å². The van der Waals surface area contributed by atoms with Crippen LogP contribution in [0.2, 0.25) is 0 Å². The third-order valence-electron chi connectivity index (χ3n) is 6.15. The molecule has 8 heteroatoms. The number of hydrogen-bond acceptors (Lipinski definition) is 4. The fourth-order valence-corrected chi connectivity index (χ4v) is 4.40. The number of carbonyl (C=O) groups is 1. The lowest BCUT2D eigenvalue weighted by molar-refractivity contribution is -0.161. The van der Waals surface area contributed by atoms with Crippen molar-refractivity contribution in [1.29, 1.82) is 0 Å². The van der Waals surface area contributed by atoms with Gasteiger partial charge in [-0.25, -0.2) is 0 Å². The number of benzene rings is 1. The Labute approximate surface area is 179 Å². The van der Waals surface area contributed by atoms with Crippen LogP contribution in [-0.2, 0) is 22.1 Å². The Balaban J connectivity index is 1.36. The minimum Gasteiger partial charge on any atom is -0.360 e. The smallest absolute Gasteiger partial charge is 0.360 e. The number of amides is 1. The minimum atomic E-state index is -4.35. The van der Waals surface area contributed by atoms with Crippen molar-refractivity contribution in [1.82, 2.24) is 9.88 Å². The van der Waals surface area contributed by atoms with Crippen molar-refractivity contribution in [3.63, 3.8) is 0 Å². The molecule has 0 bridgehead atoms. The third-order valence-corrected chi connectivity index (χ3v) is 6.15. The van der Waals surface area contributed by atoms with E-state index in [1.807, 2.05) is 35.2 Å². The Bertz CT molecular complexity index is 912. The highest BCUT2D eigenvalue weighted by molar-refractivity contribution is 5.97. The van der Waals surface area contributed by atoms with Crippen molar-refractivity contribution >= 4 is 11.6 Å². The van der Waals surface area contributed by atoms with Crippen LogP contribution in [0.3, 0.4) is 0 Å². The highest BCUT2D eigenvalue weighted by Gasteiger charge is 2.45. The molecule has 1 spiro atoms. The monoisotopic (exact) mass is 433 g/mol. The van der Waals surface area contributed by atoms with Gasteiger partial charge >= 0.3 is 6.18 Å². The number of anilines is 1. The van der Waals surface area contributed by atoms with Crippen LogP contribution < -0.4 is 4.90 Å². The van der Waals surface area contributed by atoms with Gasteiger partial charge in [-0.05, 0) is 44.0 Å². The Hall–Kier alpha value is -2.45. The summed E-state index contributed by atoms with van der Waals surface area (Å²) in [6.07, 6.45) is -1.64. The van der Waals surface area contributed by atoms with Gasteiger partial charge < -0.3 is 14.5 Å². The zero-order chi connectivity index (χ0) is 22.1. The van der Waals surface area contributed by atoms with Crippen LogP contribution in [-0.4, -0.2) is 53.7 Å². The van der Waals surface area contributed by atoms with E-state index in [1.54, 1.807) is 6.92 Å². The highest BCUT2D eigenvalue weighted by atomic mass is 19.4. The summed E-state index contributed by atoms with van der Waals surface area (Å²) >= 11 is 0. The summed E-state index contributed by atoms with van der Waals surface area (Å²) in [7, 11) is 0. The van der Waals surface area contributed by atoms with Gasteiger partial charge in [0.2, 0.25) is 0 Å². The van der Waals surface area contributed by atoms with Crippen LogP contribution in [0.25, 0.3) is 0 Å². The summed E-state index contributed by atoms with van der Waals surface area (Å²) in [5.74, 6) is -0.0325. The predicted molar refractivity (Wildman–Crippen MR) is 111 cm³/mol. The fraction of sp³-hybridized carbons (Fsp3) is 0.478. The Morgan fingerprint density at radius 3 is 2.55 bits per heavy atom. The van der Waals surface area contributed by atoms with E-state index in [-0.39, 0.29) is 5.91 Å². The van der Waals surface area contributed by atoms with Crippen molar-refractivity contribution in [3.8, 4) is 0 Å². The van der Waals surface area contributed by atoms with Crippen LogP contribution in [0.15, 0.2) is 48.7 Å². The third kappa shape index (κ3) is 4.91. The number of piperidine rings is 1. The van der Waals surface area contributed by atoms with Gasteiger partial charge in [0, 0.05) is 43.6 Å². The first-order chi connectivity index (χ1) is 14.8. The first-order valence-electron chi connectivity index (χ1n) is 10.5. The summed E-state index contributed by atoms with van der Waals surface area (Å²) in [5, 5.41) is 0. The van der Waals surface area contributed by atoms with Gasteiger partial charge in [-0.15, -0.1) is 0 Å². The maximum atomic E-state index is 12.9. The van der Waals surface area contributed by atoms with E-state index in [2.05, 4.69) is 9.88 Å². The van der Waals surface area contributed by atoms with E-state index < -0.39 is 23.4 Å². The van der Waals surface area contributed by atoms with Gasteiger partial charge in [0.15, 0.2) is 0 Å². The molecule has 2 aliphatic heterocycles. The molecule has 1 unspecified atom stereocenters. The molecule has 3 heterocycles. The highest BCUT2D eigenvalue weighted by Crippen LogP contribution is 2.35. The second kappa shape index (κ2) is 8.59. The maximum Gasteiger partial charge on any atom is 0.416 e. The van der Waals surface area contributed by atoms with Crippen LogP contribution >= 0.6 is 0 Å². The van der Waals surface area contributed by atoms with Gasteiger partial charge in [-0.2, -0.15) is 13.2 Å². The van der Waals surface area contributed by atoms with Gasteiger partial charge in [0.1, 0.15) is 6.10 Å². The van der Waals surface area contributed by atoms with Gasteiger partial charge in [-0.3, -0.25) is 9.78 Å². The largest absolute Gasteiger partial charge is 0.416 e. The van der Waals surface area contributed by atoms with E-state index in [0.29, 0.717) is 25.2 Å². The Morgan fingerprint density at radius 1 is 1.16 bits per heavy atom. The van der Waals surface area contributed by atoms with Crippen LogP contribution in [0.1, 0.15) is 31.0 Å². The summed E-state index contributed by atoms with van der Waals surface area (Å²) in [6.45, 7) is 4.49. The molecule has 5 nitrogen and oxygen atoms in total. The quantitative estimate of drug-likeness (QED) is 0.733. The number of carbonyl (C=O) groups excluding carboxylic acids is 1. The summed E-state index contributed by atoms with van der Waals surface area (Å²) in [6, 6.07) is 11.7. The molecular formula is C23H26F3N3O2. The second-order valence-electron chi connectivity index (χ2n) is 8.33. The lowest BCUT2D eigenvalue weighted by Gasteiger charge is -2.49. The lowest BCUT2D eigenvalue weighted by atomic mass is 9.88. The molecular weight excluding hydrogens is 407 g/mol. The number of para-hydroxylation sites is 1. The summed E-state index contributed by atoms with van der Waals surface area (Å²) in [4.78, 5) is 20.8. The molecule has 2 saturated heterocycles. The number of hydrogen-bond donors (Lipinski definition) is 0. The van der Waals surface area contributed by atoms with E-state index in [4.69, 9.17) is 4.74 Å².